The Labute approximate surface area is 139 Å². The Hall–Kier alpha value is -2.34. The molecule has 124 valence electrons. The van der Waals surface area contributed by atoms with E-state index in [1.807, 2.05) is 4.90 Å². The lowest BCUT2D eigenvalue weighted by molar-refractivity contribution is -0.0504. The average Bonchev–Trinajstić information content (AvgIpc) is 2.87. The molecule has 0 aliphatic carbocycles. The van der Waals surface area contributed by atoms with E-state index in [0.717, 1.165) is 12.8 Å². The molecule has 2 bridgehead atoms. The third-order valence-corrected chi connectivity index (χ3v) is 5.19. The van der Waals surface area contributed by atoms with Crippen LogP contribution >= 0.6 is 0 Å². The van der Waals surface area contributed by atoms with E-state index in [9.17, 15) is 14.3 Å². The number of halogens is 1. The second kappa shape index (κ2) is 5.63. The summed E-state index contributed by atoms with van der Waals surface area (Å²) >= 11 is 0. The summed E-state index contributed by atoms with van der Waals surface area (Å²) in [6.07, 6.45) is 6.89. The molecule has 2 aromatic rings. The van der Waals surface area contributed by atoms with Crippen molar-refractivity contribution < 1.29 is 14.3 Å². The van der Waals surface area contributed by atoms with Gasteiger partial charge in [-0.25, -0.2) is 4.98 Å². The number of carbonyl (C=O) groups excluding carboxylic acids is 1. The van der Waals surface area contributed by atoms with Gasteiger partial charge in [-0.3, -0.25) is 9.78 Å². The largest absolute Gasteiger partial charge is 0.385 e. The first-order valence-corrected chi connectivity index (χ1v) is 8.14. The van der Waals surface area contributed by atoms with Gasteiger partial charge in [-0.2, -0.15) is 4.39 Å². The molecule has 0 saturated carbocycles. The molecule has 2 saturated heterocycles. The van der Waals surface area contributed by atoms with Crippen molar-refractivity contribution in [1.29, 1.82) is 0 Å². The normalized spacial score (nSPS) is 28.8. The van der Waals surface area contributed by atoms with Crippen LogP contribution in [0.3, 0.4) is 0 Å². The molecule has 24 heavy (non-hydrogen) atoms. The SMILES string of the molecule is O=C(c1ccncc1)N1[C@@H]2CC[C@@H]1CC(O)(c1cccnc1F)C2. The molecule has 0 aromatic carbocycles. The molecule has 2 aliphatic heterocycles. The standard InChI is InChI=1S/C18H18FN3O2/c19-16-15(2-1-7-21-16)18(24)10-13-3-4-14(11-18)22(13)17(23)12-5-8-20-9-6-12/h1-2,5-9,13-14,24H,3-4,10-11H2/t13-,14-/m1/s1. The third kappa shape index (κ3) is 2.38. The molecule has 0 radical (unpaired) electrons. The number of pyridine rings is 2. The van der Waals surface area contributed by atoms with Gasteiger partial charge in [0.2, 0.25) is 5.95 Å². The molecule has 2 fully saturated rings. The molecule has 4 rings (SSSR count). The molecule has 4 heterocycles. The number of aromatic nitrogens is 2. The highest BCUT2D eigenvalue weighted by atomic mass is 19.1. The second-order valence-electron chi connectivity index (χ2n) is 6.61. The number of fused-ring (bicyclic) bond motifs is 2. The number of carbonyl (C=O) groups is 1. The van der Waals surface area contributed by atoms with Crippen molar-refractivity contribution in [3.8, 4) is 0 Å². The monoisotopic (exact) mass is 327 g/mol. The molecule has 1 amide bonds. The van der Waals surface area contributed by atoms with E-state index in [-0.39, 0.29) is 23.6 Å². The van der Waals surface area contributed by atoms with Crippen molar-refractivity contribution in [2.45, 2.75) is 43.4 Å². The minimum absolute atomic E-state index is 0.0430. The van der Waals surface area contributed by atoms with Crippen LogP contribution in [0.4, 0.5) is 4.39 Å². The van der Waals surface area contributed by atoms with Crippen LogP contribution in [-0.4, -0.2) is 38.0 Å². The minimum Gasteiger partial charge on any atom is -0.385 e. The maximum atomic E-state index is 14.1. The van der Waals surface area contributed by atoms with Crippen LogP contribution in [0.25, 0.3) is 0 Å². The van der Waals surface area contributed by atoms with E-state index in [2.05, 4.69) is 9.97 Å². The number of amides is 1. The summed E-state index contributed by atoms with van der Waals surface area (Å²) in [7, 11) is 0. The summed E-state index contributed by atoms with van der Waals surface area (Å²) in [5.41, 5.74) is -0.433. The van der Waals surface area contributed by atoms with Gasteiger partial charge in [0.1, 0.15) is 0 Å². The van der Waals surface area contributed by atoms with Gasteiger partial charge in [0.15, 0.2) is 0 Å². The van der Waals surface area contributed by atoms with Gasteiger partial charge >= 0.3 is 0 Å². The molecule has 2 aliphatic rings. The molecule has 5 nitrogen and oxygen atoms in total. The van der Waals surface area contributed by atoms with Gasteiger partial charge in [0, 0.05) is 54.6 Å². The summed E-state index contributed by atoms with van der Waals surface area (Å²) < 4.78 is 14.1. The summed E-state index contributed by atoms with van der Waals surface area (Å²) in [5.74, 6) is -0.674. The smallest absolute Gasteiger partial charge is 0.254 e. The molecule has 0 spiro atoms. The van der Waals surface area contributed by atoms with E-state index in [1.54, 1.807) is 36.7 Å². The van der Waals surface area contributed by atoms with Gasteiger partial charge in [0.25, 0.3) is 5.91 Å². The zero-order chi connectivity index (χ0) is 16.7. The lowest BCUT2D eigenvalue weighted by Gasteiger charge is -2.44. The van der Waals surface area contributed by atoms with E-state index < -0.39 is 11.5 Å². The summed E-state index contributed by atoms with van der Waals surface area (Å²) in [6, 6.07) is 6.43. The van der Waals surface area contributed by atoms with Gasteiger partial charge in [0.05, 0.1) is 5.60 Å². The maximum Gasteiger partial charge on any atom is 0.254 e. The molecular weight excluding hydrogens is 309 g/mol. The summed E-state index contributed by atoms with van der Waals surface area (Å²) in [6.45, 7) is 0. The molecule has 2 aromatic heterocycles. The molecule has 2 atom stereocenters. The Bertz CT molecular complexity index is 754. The van der Waals surface area contributed by atoms with Gasteiger partial charge in [-0.05, 0) is 31.0 Å². The summed E-state index contributed by atoms with van der Waals surface area (Å²) in [4.78, 5) is 22.3. The number of hydrogen-bond donors (Lipinski definition) is 1. The van der Waals surface area contributed by atoms with E-state index >= 15 is 0 Å². The van der Waals surface area contributed by atoms with Crippen molar-refractivity contribution in [2.75, 3.05) is 0 Å². The third-order valence-electron chi connectivity index (χ3n) is 5.19. The number of rotatable bonds is 2. The topological polar surface area (TPSA) is 66.3 Å². The zero-order valence-corrected chi connectivity index (χ0v) is 13.1. The van der Waals surface area contributed by atoms with Crippen molar-refractivity contribution in [3.05, 3.63) is 59.9 Å². The van der Waals surface area contributed by atoms with Crippen LogP contribution in [-0.2, 0) is 5.60 Å². The highest BCUT2D eigenvalue weighted by Gasteiger charge is 2.51. The van der Waals surface area contributed by atoms with Crippen LogP contribution < -0.4 is 0 Å². The van der Waals surface area contributed by atoms with Crippen molar-refractivity contribution in [2.24, 2.45) is 0 Å². The number of nitrogens with zero attached hydrogens (tertiary/aromatic N) is 3. The van der Waals surface area contributed by atoms with Crippen molar-refractivity contribution in [3.63, 3.8) is 0 Å². The fourth-order valence-corrected chi connectivity index (χ4v) is 4.15. The number of hydrogen-bond acceptors (Lipinski definition) is 4. The molecule has 1 N–H and O–H groups in total. The Morgan fingerprint density at radius 1 is 1.17 bits per heavy atom. The zero-order valence-electron chi connectivity index (χ0n) is 13.1. The first-order valence-electron chi connectivity index (χ1n) is 8.14. The van der Waals surface area contributed by atoms with Crippen LogP contribution in [0.15, 0.2) is 42.9 Å². The van der Waals surface area contributed by atoms with Crippen LogP contribution in [0.1, 0.15) is 41.6 Å². The lowest BCUT2D eigenvalue weighted by atomic mass is 9.80. The van der Waals surface area contributed by atoms with Crippen molar-refractivity contribution in [1.82, 2.24) is 14.9 Å². The average molecular weight is 327 g/mol. The van der Waals surface area contributed by atoms with Crippen LogP contribution in [0.2, 0.25) is 0 Å². The fourth-order valence-electron chi connectivity index (χ4n) is 4.15. The van der Waals surface area contributed by atoms with Gasteiger partial charge < -0.3 is 10.0 Å². The molecular formula is C18H18FN3O2. The lowest BCUT2D eigenvalue weighted by Crippen LogP contribution is -2.52. The first kappa shape index (κ1) is 15.2. The van der Waals surface area contributed by atoms with Crippen LogP contribution in [0.5, 0.6) is 0 Å². The predicted molar refractivity (Wildman–Crippen MR) is 84.5 cm³/mol. The number of piperidine rings is 1. The Morgan fingerprint density at radius 3 is 2.46 bits per heavy atom. The molecule has 6 heteroatoms. The van der Waals surface area contributed by atoms with Crippen molar-refractivity contribution >= 4 is 5.91 Å². The Balaban J connectivity index is 1.62. The fraction of sp³-hybridized carbons (Fsp3) is 0.389. The molecule has 0 unspecified atom stereocenters. The minimum atomic E-state index is -1.26. The quantitative estimate of drug-likeness (QED) is 0.859. The van der Waals surface area contributed by atoms with E-state index in [1.165, 1.54) is 6.20 Å². The second-order valence-corrected chi connectivity index (χ2v) is 6.61. The van der Waals surface area contributed by atoms with E-state index in [4.69, 9.17) is 0 Å². The van der Waals surface area contributed by atoms with E-state index in [0.29, 0.717) is 18.4 Å². The van der Waals surface area contributed by atoms with Gasteiger partial charge in [-0.15, -0.1) is 0 Å². The summed E-state index contributed by atoms with van der Waals surface area (Å²) in [5, 5.41) is 11.0. The first-order chi connectivity index (χ1) is 11.6. The maximum absolute atomic E-state index is 14.1. The Kier molecular flexibility index (Phi) is 3.57. The highest BCUT2D eigenvalue weighted by molar-refractivity contribution is 5.94. The van der Waals surface area contributed by atoms with Gasteiger partial charge in [-0.1, -0.05) is 6.07 Å². The highest BCUT2D eigenvalue weighted by Crippen LogP contribution is 2.46. The van der Waals surface area contributed by atoms with Crippen LogP contribution in [0, 0.1) is 5.95 Å². The number of aliphatic hydroxyl groups is 1. The Morgan fingerprint density at radius 2 is 1.83 bits per heavy atom. The predicted octanol–water partition coefficient (Wildman–Crippen LogP) is 2.27.